The van der Waals surface area contributed by atoms with E-state index < -0.39 is 0 Å². The van der Waals surface area contributed by atoms with E-state index in [1.165, 1.54) is 20.7 Å². The van der Waals surface area contributed by atoms with Crippen molar-refractivity contribution in [2.45, 2.75) is 6.54 Å². The van der Waals surface area contributed by atoms with Crippen LogP contribution in [0.15, 0.2) is 35.2 Å². The number of hydrogen-bond donors (Lipinski definition) is 1. The molecule has 0 unspecified atom stereocenters. The SMILES string of the molecule is NCc1sccc1-c1ccc2ncsc2c1. The first-order chi connectivity index (χ1) is 7.88. The highest BCUT2D eigenvalue weighted by molar-refractivity contribution is 7.16. The van der Waals surface area contributed by atoms with Crippen molar-refractivity contribution in [3.8, 4) is 11.1 Å². The van der Waals surface area contributed by atoms with Gasteiger partial charge in [0.05, 0.1) is 15.7 Å². The molecule has 80 valence electrons. The maximum atomic E-state index is 5.73. The van der Waals surface area contributed by atoms with Gasteiger partial charge < -0.3 is 5.73 Å². The molecule has 0 atom stereocenters. The second-order valence-corrected chi connectivity index (χ2v) is 5.38. The summed E-state index contributed by atoms with van der Waals surface area (Å²) in [6.07, 6.45) is 0. The molecule has 2 heterocycles. The third-order valence-corrected chi connectivity index (χ3v) is 4.31. The molecule has 0 saturated heterocycles. The number of aromatic nitrogens is 1. The Kier molecular flexibility index (Phi) is 2.47. The Morgan fingerprint density at radius 2 is 2.12 bits per heavy atom. The molecule has 3 aromatic rings. The van der Waals surface area contributed by atoms with Crippen molar-refractivity contribution < 1.29 is 0 Å². The van der Waals surface area contributed by atoms with Gasteiger partial charge in [0.25, 0.3) is 0 Å². The summed E-state index contributed by atoms with van der Waals surface area (Å²) in [6.45, 7) is 0.605. The summed E-state index contributed by atoms with van der Waals surface area (Å²) in [7, 11) is 0. The van der Waals surface area contributed by atoms with Crippen molar-refractivity contribution >= 4 is 32.9 Å². The number of thiazole rings is 1. The molecule has 0 saturated carbocycles. The summed E-state index contributed by atoms with van der Waals surface area (Å²) >= 11 is 3.39. The lowest BCUT2D eigenvalue weighted by molar-refractivity contribution is 1.11. The fourth-order valence-corrected chi connectivity index (χ4v) is 3.27. The Hall–Kier alpha value is -1.23. The van der Waals surface area contributed by atoms with Crippen molar-refractivity contribution in [2.24, 2.45) is 5.73 Å². The van der Waals surface area contributed by atoms with E-state index in [1.807, 2.05) is 5.51 Å². The minimum absolute atomic E-state index is 0.605. The molecule has 4 heteroatoms. The van der Waals surface area contributed by atoms with E-state index in [0.717, 1.165) is 5.52 Å². The maximum Gasteiger partial charge on any atom is 0.0812 e. The predicted molar refractivity (Wildman–Crippen MR) is 70.8 cm³/mol. The van der Waals surface area contributed by atoms with E-state index in [0.29, 0.717) is 6.54 Å². The minimum Gasteiger partial charge on any atom is -0.326 e. The van der Waals surface area contributed by atoms with Gasteiger partial charge in [-0.1, -0.05) is 6.07 Å². The van der Waals surface area contributed by atoms with E-state index in [1.54, 1.807) is 22.7 Å². The van der Waals surface area contributed by atoms with Gasteiger partial charge in [0.1, 0.15) is 0 Å². The zero-order valence-electron chi connectivity index (χ0n) is 8.51. The van der Waals surface area contributed by atoms with Crippen molar-refractivity contribution in [1.82, 2.24) is 4.98 Å². The molecule has 0 bridgehead atoms. The molecule has 0 amide bonds. The minimum atomic E-state index is 0.605. The Balaban J connectivity index is 2.18. The standard InChI is InChI=1S/C12H10N2S2/c13-6-12-9(3-4-15-12)8-1-2-10-11(5-8)16-7-14-10/h1-5,7H,6,13H2. The van der Waals surface area contributed by atoms with Gasteiger partial charge in [-0.2, -0.15) is 0 Å². The number of benzene rings is 1. The Labute approximate surface area is 101 Å². The van der Waals surface area contributed by atoms with Crippen molar-refractivity contribution in [3.63, 3.8) is 0 Å². The Morgan fingerprint density at radius 3 is 3.00 bits per heavy atom. The Morgan fingerprint density at radius 1 is 1.19 bits per heavy atom. The van der Waals surface area contributed by atoms with Gasteiger partial charge in [-0.15, -0.1) is 22.7 Å². The zero-order valence-corrected chi connectivity index (χ0v) is 10.1. The van der Waals surface area contributed by atoms with Crippen LogP contribution in [0.4, 0.5) is 0 Å². The van der Waals surface area contributed by atoms with E-state index >= 15 is 0 Å². The zero-order chi connectivity index (χ0) is 11.0. The monoisotopic (exact) mass is 246 g/mol. The molecule has 1 aromatic carbocycles. The average molecular weight is 246 g/mol. The molecular formula is C12H10N2S2. The number of rotatable bonds is 2. The predicted octanol–water partition coefficient (Wildman–Crippen LogP) is 3.48. The summed E-state index contributed by atoms with van der Waals surface area (Å²) in [5.74, 6) is 0. The summed E-state index contributed by atoms with van der Waals surface area (Å²) < 4.78 is 1.23. The summed E-state index contributed by atoms with van der Waals surface area (Å²) in [6, 6.07) is 8.51. The normalized spacial score (nSPS) is 11.1. The van der Waals surface area contributed by atoms with Crippen LogP contribution in [0.3, 0.4) is 0 Å². The van der Waals surface area contributed by atoms with Crippen LogP contribution >= 0.6 is 22.7 Å². The summed E-state index contributed by atoms with van der Waals surface area (Å²) in [5.41, 5.74) is 11.2. The molecule has 0 aliphatic heterocycles. The van der Waals surface area contributed by atoms with Crippen LogP contribution in [0, 0.1) is 0 Å². The van der Waals surface area contributed by atoms with Gasteiger partial charge in [-0.3, -0.25) is 0 Å². The van der Waals surface area contributed by atoms with Gasteiger partial charge in [0.15, 0.2) is 0 Å². The fourth-order valence-electron chi connectivity index (χ4n) is 1.78. The first-order valence-corrected chi connectivity index (χ1v) is 6.74. The smallest absolute Gasteiger partial charge is 0.0812 e. The third-order valence-electron chi connectivity index (χ3n) is 2.57. The molecule has 0 aliphatic carbocycles. The Bertz CT molecular complexity index is 625. The van der Waals surface area contributed by atoms with Crippen LogP contribution in [-0.2, 0) is 6.54 Å². The van der Waals surface area contributed by atoms with Crippen LogP contribution in [0.5, 0.6) is 0 Å². The van der Waals surface area contributed by atoms with Gasteiger partial charge >= 0.3 is 0 Å². The molecule has 0 fully saturated rings. The molecule has 2 aromatic heterocycles. The summed E-state index contributed by atoms with van der Waals surface area (Å²) in [4.78, 5) is 5.52. The molecule has 0 spiro atoms. The average Bonchev–Trinajstić information content (AvgIpc) is 2.96. The number of hydrogen-bond acceptors (Lipinski definition) is 4. The molecule has 0 radical (unpaired) electrons. The molecular weight excluding hydrogens is 236 g/mol. The highest BCUT2D eigenvalue weighted by Crippen LogP contribution is 2.31. The van der Waals surface area contributed by atoms with Crippen LogP contribution in [-0.4, -0.2) is 4.98 Å². The summed E-state index contributed by atoms with van der Waals surface area (Å²) in [5, 5.41) is 2.09. The van der Waals surface area contributed by atoms with E-state index in [2.05, 4.69) is 34.6 Å². The van der Waals surface area contributed by atoms with Crippen LogP contribution < -0.4 is 5.73 Å². The van der Waals surface area contributed by atoms with Crippen LogP contribution in [0.1, 0.15) is 4.88 Å². The first-order valence-electron chi connectivity index (χ1n) is 4.98. The van der Waals surface area contributed by atoms with E-state index in [-0.39, 0.29) is 0 Å². The lowest BCUT2D eigenvalue weighted by Gasteiger charge is -2.01. The lowest BCUT2D eigenvalue weighted by Crippen LogP contribution is -1.94. The van der Waals surface area contributed by atoms with Gasteiger partial charge in [0.2, 0.25) is 0 Å². The van der Waals surface area contributed by atoms with Crippen LogP contribution in [0.2, 0.25) is 0 Å². The van der Waals surface area contributed by atoms with Crippen molar-refractivity contribution in [1.29, 1.82) is 0 Å². The second kappa shape index (κ2) is 3.97. The molecule has 16 heavy (non-hydrogen) atoms. The second-order valence-electron chi connectivity index (χ2n) is 3.50. The largest absolute Gasteiger partial charge is 0.326 e. The molecule has 2 N–H and O–H groups in total. The van der Waals surface area contributed by atoms with Gasteiger partial charge in [0, 0.05) is 11.4 Å². The van der Waals surface area contributed by atoms with E-state index in [9.17, 15) is 0 Å². The van der Waals surface area contributed by atoms with Crippen molar-refractivity contribution in [3.05, 3.63) is 40.0 Å². The fraction of sp³-hybridized carbons (Fsp3) is 0.0833. The van der Waals surface area contributed by atoms with E-state index in [4.69, 9.17) is 5.73 Å². The molecule has 2 nitrogen and oxygen atoms in total. The molecule has 3 rings (SSSR count). The number of thiophene rings is 1. The maximum absolute atomic E-state index is 5.73. The number of fused-ring (bicyclic) bond motifs is 1. The van der Waals surface area contributed by atoms with Gasteiger partial charge in [-0.05, 0) is 34.7 Å². The molecule has 0 aliphatic rings. The first kappa shape index (κ1) is 9.96. The topological polar surface area (TPSA) is 38.9 Å². The van der Waals surface area contributed by atoms with Gasteiger partial charge in [-0.25, -0.2) is 4.98 Å². The number of nitrogens with zero attached hydrogens (tertiary/aromatic N) is 1. The number of nitrogens with two attached hydrogens (primary N) is 1. The quantitative estimate of drug-likeness (QED) is 0.751. The van der Waals surface area contributed by atoms with Crippen LogP contribution in [0.25, 0.3) is 21.3 Å². The lowest BCUT2D eigenvalue weighted by atomic mass is 10.1. The van der Waals surface area contributed by atoms with Crippen molar-refractivity contribution in [2.75, 3.05) is 0 Å². The highest BCUT2D eigenvalue weighted by atomic mass is 32.1. The third kappa shape index (κ3) is 1.55. The highest BCUT2D eigenvalue weighted by Gasteiger charge is 2.06.